The zero-order valence-corrected chi connectivity index (χ0v) is 13.3. The Balaban J connectivity index is 2.45. The van der Waals surface area contributed by atoms with Gasteiger partial charge in [0.1, 0.15) is 0 Å². The Kier molecular flexibility index (Phi) is 6.71. The molecule has 0 saturated carbocycles. The summed E-state index contributed by atoms with van der Waals surface area (Å²) in [7, 11) is 0. The number of carboxylic acids is 1. The third-order valence-corrected chi connectivity index (χ3v) is 3.85. The minimum absolute atomic E-state index is 0.105. The lowest BCUT2D eigenvalue weighted by Gasteiger charge is -2.14. The van der Waals surface area contributed by atoms with Gasteiger partial charge in [0.2, 0.25) is 5.91 Å². The van der Waals surface area contributed by atoms with Crippen LogP contribution in [-0.2, 0) is 9.59 Å². The minimum atomic E-state index is -0.867. The number of nitrogens with one attached hydrogen (secondary N) is 1. The van der Waals surface area contributed by atoms with Crippen LogP contribution in [0, 0.1) is 5.92 Å². The fourth-order valence-electron chi connectivity index (χ4n) is 1.90. The summed E-state index contributed by atoms with van der Waals surface area (Å²) in [6.45, 7) is 3.98. The number of aliphatic carboxylic acids is 1. The molecule has 0 aromatic heterocycles. The Morgan fingerprint density at radius 1 is 1.30 bits per heavy atom. The van der Waals surface area contributed by atoms with E-state index in [0.29, 0.717) is 12.8 Å². The molecule has 2 unspecified atom stereocenters. The zero-order valence-electron chi connectivity index (χ0n) is 11.7. The topological polar surface area (TPSA) is 66.4 Å². The summed E-state index contributed by atoms with van der Waals surface area (Å²) < 4.78 is 1.00. The Morgan fingerprint density at radius 3 is 2.40 bits per heavy atom. The molecule has 1 rings (SSSR count). The van der Waals surface area contributed by atoms with Gasteiger partial charge >= 0.3 is 5.97 Å². The number of benzene rings is 1. The van der Waals surface area contributed by atoms with Crippen LogP contribution in [0.5, 0.6) is 0 Å². The van der Waals surface area contributed by atoms with E-state index in [-0.39, 0.29) is 18.4 Å². The molecule has 2 atom stereocenters. The highest BCUT2D eigenvalue weighted by Crippen LogP contribution is 2.21. The Labute approximate surface area is 127 Å². The van der Waals surface area contributed by atoms with E-state index < -0.39 is 11.9 Å². The van der Waals surface area contributed by atoms with Gasteiger partial charge in [-0.25, -0.2) is 0 Å². The molecule has 1 aromatic carbocycles. The molecule has 0 aliphatic rings. The molecule has 4 nitrogen and oxygen atoms in total. The van der Waals surface area contributed by atoms with Crippen molar-refractivity contribution in [2.24, 2.45) is 5.92 Å². The molecule has 0 aliphatic heterocycles. The van der Waals surface area contributed by atoms with Gasteiger partial charge in [0.05, 0.1) is 5.92 Å². The fraction of sp³-hybridized carbons (Fsp3) is 0.467. The Bertz CT molecular complexity index is 459. The third-order valence-electron chi connectivity index (χ3n) is 3.32. The van der Waals surface area contributed by atoms with E-state index in [2.05, 4.69) is 21.2 Å². The van der Waals surface area contributed by atoms with Gasteiger partial charge in [-0.3, -0.25) is 9.59 Å². The lowest BCUT2D eigenvalue weighted by Crippen LogP contribution is -2.33. The number of amides is 1. The van der Waals surface area contributed by atoms with E-state index in [4.69, 9.17) is 5.11 Å². The number of carbonyl (C=O) groups is 2. The van der Waals surface area contributed by atoms with Crippen LogP contribution < -0.4 is 5.32 Å². The fourth-order valence-corrected chi connectivity index (χ4v) is 2.17. The van der Waals surface area contributed by atoms with Crippen LogP contribution in [0.1, 0.15) is 38.2 Å². The first-order chi connectivity index (χ1) is 9.43. The van der Waals surface area contributed by atoms with Gasteiger partial charge in [-0.15, -0.1) is 0 Å². The highest BCUT2D eigenvalue weighted by atomic mass is 79.9. The molecule has 0 radical (unpaired) electrons. The van der Waals surface area contributed by atoms with Crippen molar-refractivity contribution in [3.8, 4) is 0 Å². The van der Waals surface area contributed by atoms with Crippen molar-refractivity contribution >= 4 is 27.8 Å². The summed E-state index contributed by atoms with van der Waals surface area (Å²) in [4.78, 5) is 22.7. The summed E-state index contributed by atoms with van der Waals surface area (Å²) in [5.41, 5.74) is 1.09. The minimum Gasteiger partial charge on any atom is -0.481 e. The zero-order chi connectivity index (χ0) is 15.1. The smallest absolute Gasteiger partial charge is 0.308 e. The maximum absolute atomic E-state index is 11.8. The van der Waals surface area contributed by atoms with E-state index in [9.17, 15) is 9.59 Å². The van der Waals surface area contributed by atoms with Gasteiger partial charge < -0.3 is 10.4 Å². The second-order valence-corrected chi connectivity index (χ2v) is 5.82. The van der Waals surface area contributed by atoms with Crippen molar-refractivity contribution in [1.29, 1.82) is 0 Å². The largest absolute Gasteiger partial charge is 0.481 e. The highest BCUT2D eigenvalue weighted by molar-refractivity contribution is 9.10. The van der Waals surface area contributed by atoms with E-state index >= 15 is 0 Å². The van der Waals surface area contributed by atoms with Crippen LogP contribution in [0.25, 0.3) is 0 Å². The van der Waals surface area contributed by atoms with E-state index in [1.54, 1.807) is 6.92 Å². The van der Waals surface area contributed by atoms with Crippen LogP contribution >= 0.6 is 15.9 Å². The van der Waals surface area contributed by atoms with Crippen molar-refractivity contribution in [2.75, 3.05) is 6.54 Å². The number of carbonyl (C=O) groups excluding carboxylic acids is 1. The number of carboxylic acid groups (broad SMARTS) is 1. The maximum atomic E-state index is 11.8. The van der Waals surface area contributed by atoms with E-state index in [0.717, 1.165) is 10.0 Å². The lowest BCUT2D eigenvalue weighted by atomic mass is 9.97. The van der Waals surface area contributed by atoms with Crippen LogP contribution in [0.4, 0.5) is 0 Å². The molecule has 0 fully saturated rings. The molecule has 2 N–H and O–H groups in total. The number of hydrogen-bond donors (Lipinski definition) is 2. The Morgan fingerprint density at radius 2 is 1.90 bits per heavy atom. The average molecular weight is 342 g/mol. The molecule has 110 valence electrons. The first-order valence-corrected chi connectivity index (χ1v) is 7.48. The van der Waals surface area contributed by atoms with E-state index in [1.165, 1.54) is 0 Å². The summed E-state index contributed by atoms with van der Waals surface area (Å²) in [5.74, 6) is -1.39. The molecule has 20 heavy (non-hydrogen) atoms. The molecule has 0 aliphatic carbocycles. The third kappa shape index (κ3) is 5.33. The first-order valence-electron chi connectivity index (χ1n) is 6.69. The standard InChI is InChI=1S/C15H20BrNO3/c1-3-11(15(19)20)9-17-14(18)8-10(2)12-4-6-13(16)7-5-12/h4-7,10-11H,3,8-9H2,1-2H3,(H,17,18)(H,19,20). The summed E-state index contributed by atoms with van der Waals surface area (Å²) in [5, 5.41) is 11.6. The SMILES string of the molecule is CCC(CNC(=O)CC(C)c1ccc(Br)cc1)C(=O)O. The summed E-state index contributed by atoms with van der Waals surface area (Å²) in [6.07, 6.45) is 0.871. The predicted molar refractivity (Wildman–Crippen MR) is 81.6 cm³/mol. The second-order valence-electron chi connectivity index (χ2n) is 4.90. The lowest BCUT2D eigenvalue weighted by molar-refractivity contribution is -0.141. The number of hydrogen-bond acceptors (Lipinski definition) is 2. The molecule has 5 heteroatoms. The van der Waals surface area contributed by atoms with Crippen molar-refractivity contribution in [1.82, 2.24) is 5.32 Å². The molecule has 0 spiro atoms. The molecule has 1 aromatic rings. The predicted octanol–water partition coefficient (Wildman–Crippen LogP) is 3.17. The van der Waals surface area contributed by atoms with Crippen molar-refractivity contribution in [3.05, 3.63) is 34.3 Å². The quantitative estimate of drug-likeness (QED) is 0.800. The molecule has 0 saturated heterocycles. The van der Waals surface area contributed by atoms with E-state index in [1.807, 2.05) is 31.2 Å². The van der Waals surface area contributed by atoms with Crippen LogP contribution in [0.3, 0.4) is 0 Å². The van der Waals surface area contributed by atoms with Crippen molar-refractivity contribution in [3.63, 3.8) is 0 Å². The van der Waals surface area contributed by atoms with Gasteiger partial charge in [-0.2, -0.15) is 0 Å². The molecule has 0 bridgehead atoms. The van der Waals surface area contributed by atoms with Gasteiger partial charge in [0.25, 0.3) is 0 Å². The Hall–Kier alpha value is -1.36. The molecule has 1 amide bonds. The highest BCUT2D eigenvalue weighted by Gasteiger charge is 2.17. The number of rotatable bonds is 7. The molecular formula is C15H20BrNO3. The van der Waals surface area contributed by atoms with Crippen molar-refractivity contribution in [2.45, 2.75) is 32.6 Å². The summed E-state index contributed by atoms with van der Waals surface area (Å²) >= 11 is 3.37. The molecular weight excluding hydrogens is 322 g/mol. The maximum Gasteiger partial charge on any atom is 0.308 e. The van der Waals surface area contributed by atoms with Crippen LogP contribution in [0.15, 0.2) is 28.7 Å². The van der Waals surface area contributed by atoms with Gasteiger partial charge in [-0.05, 0) is 30.0 Å². The van der Waals surface area contributed by atoms with Crippen molar-refractivity contribution < 1.29 is 14.7 Å². The molecule has 0 heterocycles. The monoisotopic (exact) mass is 341 g/mol. The van der Waals surface area contributed by atoms with Crippen LogP contribution in [0.2, 0.25) is 0 Å². The average Bonchev–Trinajstić information content (AvgIpc) is 2.39. The van der Waals surface area contributed by atoms with Gasteiger partial charge in [-0.1, -0.05) is 41.9 Å². The van der Waals surface area contributed by atoms with Gasteiger partial charge in [0, 0.05) is 17.4 Å². The normalized spacial score (nSPS) is 13.6. The van der Waals surface area contributed by atoms with Gasteiger partial charge in [0.15, 0.2) is 0 Å². The number of halogens is 1. The first kappa shape index (κ1) is 16.7. The van der Waals surface area contributed by atoms with Crippen LogP contribution in [-0.4, -0.2) is 23.5 Å². The summed E-state index contributed by atoms with van der Waals surface area (Å²) in [6, 6.07) is 7.85. The second kappa shape index (κ2) is 8.04.